The van der Waals surface area contributed by atoms with Gasteiger partial charge in [-0.2, -0.15) is 0 Å². The molecule has 1 aromatic carbocycles. The molecule has 0 radical (unpaired) electrons. The fourth-order valence-electron chi connectivity index (χ4n) is 3.90. The highest BCUT2D eigenvalue weighted by molar-refractivity contribution is 5.95. The molecule has 0 N–H and O–H groups in total. The van der Waals surface area contributed by atoms with E-state index in [1.807, 2.05) is 6.92 Å². The van der Waals surface area contributed by atoms with Crippen LogP contribution in [0.15, 0.2) is 18.2 Å². The van der Waals surface area contributed by atoms with Crippen molar-refractivity contribution in [1.29, 1.82) is 0 Å². The van der Waals surface area contributed by atoms with E-state index in [4.69, 9.17) is 9.47 Å². The summed E-state index contributed by atoms with van der Waals surface area (Å²) in [7, 11) is 3.52. The van der Waals surface area contributed by atoms with Crippen molar-refractivity contribution in [3.63, 3.8) is 0 Å². The molecule has 132 valence electrons. The lowest BCUT2D eigenvalue weighted by Crippen LogP contribution is -2.68. The molecule has 1 amide bonds. The summed E-state index contributed by atoms with van der Waals surface area (Å²) in [6.45, 7) is 5.91. The number of halogens is 1. The molecule has 2 aliphatic heterocycles. The third-order valence-corrected chi connectivity index (χ3v) is 5.22. The van der Waals surface area contributed by atoms with Gasteiger partial charge in [-0.05, 0) is 44.5 Å². The Bertz CT molecular complexity index is 616. The minimum absolute atomic E-state index is 0.0580. The summed E-state index contributed by atoms with van der Waals surface area (Å²) < 4.78 is 24.2. The van der Waals surface area contributed by atoms with Crippen molar-refractivity contribution in [2.75, 3.05) is 47.0 Å². The number of hydrogen-bond donors (Lipinski definition) is 0. The zero-order valence-electron chi connectivity index (χ0n) is 14.5. The molecule has 2 heterocycles. The smallest absolute Gasteiger partial charge is 0.254 e. The van der Waals surface area contributed by atoms with Gasteiger partial charge in [0.15, 0.2) is 11.6 Å². The van der Waals surface area contributed by atoms with Gasteiger partial charge in [-0.15, -0.1) is 0 Å². The second-order valence-corrected chi connectivity index (χ2v) is 6.85. The molecule has 24 heavy (non-hydrogen) atoms. The second-order valence-electron chi connectivity index (χ2n) is 6.85. The zero-order chi connectivity index (χ0) is 17.3. The van der Waals surface area contributed by atoms with E-state index in [1.165, 1.54) is 19.2 Å². The van der Waals surface area contributed by atoms with E-state index in [0.717, 1.165) is 26.2 Å². The molecule has 2 saturated heterocycles. The molecule has 3 rings (SSSR count). The van der Waals surface area contributed by atoms with Crippen LogP contribution in [-0.4, -0.2) is 68.3 Å². The van der Waals surface area contributed by atoms with Crippen molar-refractivity contribution in [3.05, 3.63) is 29.6 Å². The highest BCUT2D eigenvalue weighted by atomic mass is 19.1. The Kier molecular flexibility index (Phi) is 4.78. The van der Waals surface area contributed by atoms with Crippen molar-refractivity contribution in [2.24, 2.45) is 5.92 Å². The molecule has 1 spiro atoms. The van der Waals surface area contributed by atoms with E-state index in [0.29, 0.717) is 24.6 Å². The quantitative estimate of drug-likeness (QED) is 0.825. The molecule has 1 aromatic rings. The van der Waals surface area contributed by atoms with Crippen molar-refractivity contribution >= 4 is 5.91 Å². The minimum Gasteiger partial charge on any atom is -0.494 e. The Morgan fingerprint density at radius 2 is 2.17 bits per heavy atom. The van der Waals surface area contributed by atoms with Gasteiger partial charge in [0.2, 0.25) is 0 Å². The maximum absolute atomic E-state index is 13.8. The Morgan fingerprint density at radius 3 is 2.79 bits per heavy atom. The Balaban J connectivity index is 1.61. The van der Waals surface area contributed by atoms with Crippen molar-refractivity contribution < 1.29 is 18.7 Å². The first-order valence-corrected chi connectivity index (χ1v) is 8.41. The monoisotopic (exact) mass is 336 g/mol. The van der Waals surface area contributed by atoms with Crippen LogP contribution in [0.5, 0.6) is 5.75 Å². The first-order valence-electron chi connectivity index (χ1n) is 8.41. The fraction of sp³-hybridized carbons (Fsp3) is 0.611. The summed E-state index contributed by atoms with van der Waals surface area (Å²) in [6.07, 6.45) is 1.05. The average Bonchev–Trinajstić information content (AvgIpc) is 2.87. The van der Waals surface area contributed by atoms with E-state index in [2.05, 4.69) is 11.9 Å². The highest BCUT2D eigenvalue weighted by Crippen LogP contribution is 2.40. The molecular weight excluding hydrogens is 311 g/mol. The molecular formula is C18H25FN2O3. The van der Waals surface area contributed by atoms with Gasteiger partial charge in [0.25, 0.3) is 5.91 Å². The lowest BCUT2D eigenvalue weighted by Gasteiger charge is -2.52. The van der Waals surface area contributed by atoms with Crippen molar-refractivity contribution in [3.8, 4) is 5.75 Å². The van der Waals surface area contributed by atoms with Gasteiger partial charge in [0, 0.05) is 31.8 Å². The van der Waals surface area contributed by atoms with Crippen LogP contribution in [0.1, 0.15) is 23.7 Å². The van der Waals surface area contributed by atoms with E-state index >= 15 is 0 Å². The summed E-state index contributed by atoms with van der Waals surface area (Å²) in [4.78, 5) is 16.7. The summed E-state index contributed by atoms with van der Waals surface area (Å²) in [6, 6.07) is 4.37. The maximum atomic E-state index is 13.8. The number of likely N-dealkylation sites (N-methyl/N-ethyl adjacent to an activating group) is 1. The van der Waals surface area contributed by atoms with Crippen molar-refractivity contribution in [2.45, 2.75) is 18.9 Å². The SMILES string of the molecule is CCOC[C@@H]1CN(C)C2(C1)CN(C(=O)c1ccc(OC)c(F)c1)C2. The molecule has 0 bridgehead atoms. The van der Waals surface area contributed by atoms with Gasteiger partial charge < -0.3 is 14.4 Å². The fourth-order valence-corrected chi connectivity index (χ4v) is 3.90. The van der Waals surface area contributed by atoms with Crippen molar-refractivity contribution in [1.82, 2.24) is 9.80 Å². The average molecular weight is 336 g/mol. The van der Waals surface area contributed by atoms with Gasteiger partial charge in [-0.1, -0.05) is 0 Å². The Labute approximate surface area is 142 Å². The third-order valence-electron chi connectivity index (χ3n) is 5.22. The molecule has 1 atom stereocenters. The largest absolute Gasteiger partial charge is 0.494 e. The van der Waals surface area contributed by atoms with Gasteiger partial charge in [-0.3, -0.25) is 9.69 Å². The predicted octanol–water partition coefficient (Wildman–Crippen LogP) is 2.02. The number of amides is 1. The molecule has 0 unspecified atom stereocenters. The number of likely N-dealkylation sites (tertiary alicyclic amines) is 2. The Hall–Kier alpha value is -1.66. The number of benzene rings is 1. The topological polar surface area (TPSA) is 42.0 Å². The molecule has 5 nitrogen and oxygen atoms in total. The lowest BCUT2D eigenvalue weighted by atomic mass is 9.84. The standard InChI is InChI=1S/C18H25FN2O3/c1-4-24-10-13-8-18(20(2)9-13)11-21(12-18)17(22)14-5-6-16(23-3)15(19)7-14/h5-7,13H,4,8-12H2,1-3H3/t13-/m0/s1. The summed E-state index contributed by atoms with van der Waals surface area (Å²) >= 11 is 0. The number of nitrogens with zero attached hydrogens (tertiary/aromatic N) is 2. The van der Waals surface area contributed by atoms with Crippen LogP contribution in [0.2, 0.25) is 0 Å². The van der Waals surface area contributed by atoms with Crippen LogP contribution in [0.4, 0.5) is 4.39 Å². The molecule has 2 aliphatic rings. The van der Waals surface area contributed by atoms with Crippen LogP contribution < -0.4 is 4.74 Å². The van der Waals surface area contributed by atoms with Gasteiger partial charge in [-0.25, -0.2) is 4.39 Å². The third kappa shape index (κ3) is 3.00. The molecule has 0 aromatic heterocycles. The van der Waals surface area contributed by atoms with E-state index in [1.54, 1.807) is 11.0 Å². The van der Waals surface area contributed by atoms with Crippen LogP contribution >= 0.6 is 0 Å². The zero-order valence-corrected chi connectivity index (χ0v) is 14.5. The van der Waals surface area contributed by atoms with Crippen LogP contribution in [0.3, 0.4) is 0 Å². The predicted molar refractivity (Wildman–Crippen MR) is 88.8 cm³/mol. The Morgan fingerprint density at radius 1 is 1.42 bits per heavy atom. The number of methoxy groups -OCH3 is 1. The number of carbonyl (C=O) groups excluding carboxylic acids is 1. The number of hydrogen-bond acceptors (Lipinski definition) is 4. The summed E-state index contributed by atoms with van der Waals surface area (Å²) in [5.74, 6) is 0.0451. The van der Waals surface area contributed by atoms with Gasteiger partial charge in [0.05, 0.1) is 19.3 Å². The first-order chi connectivity index (χ1) is 11.5. The lowest BCUT2D eigenvalue weighted by molar-refractivity contribution is -0.00797. The van der Waals surface area contributed by atoms with Crippen LogP contribution in [-0.2, 0) is 4.74 Å². The van der Waals surface area contributed by atoms with E-state index < -0.39 is 5.82 Å². The van der Waals surface area contributed by atoms with Crippen LogP contribution in [0.25, 0.3) is 0 Å². The first kappa shape index (κ1) is 17.2. The molecule has 2 fully saturated rings. The number of carbonyl (C=O) groups is 1. The summed E-state index contributed by atoms with van der Waals surface area (Å²) in [5, 5.41) is 0. The molecule has 0 aliphatic carbocycles. The highest BCUT2D eigenvalue weighted by Gasteiger charge is 2.53. The normalized spacial score (nSPS) is 22.7. The number of rotatable bonds is 5. The molecule has 0 saturated carbocycles. The second kappa shape index (κ2) is 6.69. The number of ether oxygens (including phenoxy) is 2. The molecule has 6 heteroatoms. The van der Waals surface area contributed by atoms with E-state index in [-0.39, 0.29) is 17.2 Å². The van der Waals surface area contributed by atoms with E-state index in [9.17, 15) is 9.18 Å². The van der Waals surface area contributed by atoms with Crippen LogP contribution in [0, 0.1) is 11.7 Å². The van der Waals surface area contributed by atoms with Gasteiger partial charge >= 0.3 is 0 Å². The summed E-state index contributed by atoms with van der Waals surface area (Å²) in [5.41, 5.74) is 0.428. The van der Waals surface area contributed by atoms with Gasteiger partial charge in [0.1, 0.15) is 0 Å². The minimum atomic E-state index is -0.506. The maximum Gasteiger partial charge on any atom is 0.254 e.